The summed E-state index contributed by atoms with van der Waals surface area (Å²) in [4.78, 5) is 4.42. The number of nitrogens with one attached hydrogen (secondary N) is 4. The van der Waals surface area contributed by atoms with Crippen LogP contribution >= 0.6 is 23.2 Å². The Kier molecular flexibility index (Phi) is 6.79. The van der Waals surface area contributed by atoms with Crippen LogP contribution in [0.2, 0.25) is 10.0 Å². The van der Waals surface area contributed by atoms with Crippen LogP contribution < -0.4 is 21.6 Å². The molecule has 0 amide bonds. The average Bonchev–Trinajstić information content (AvgIpc) is 3.69. The molecule has 1 fully saturated rings. The zero-order valence-electron chi connectivity index (χ0n) is 20.8. The number of rotatable bonds is 7. The summed E-state index contributed by atoms with van der Waals surface area (Å²) >= 11 is 13.0. The Bertz CT molecular complexity index is 1740. The number of nitriles is 2. The molecule has 1 aliphatic carbocycles. The summed E-state index contributed by atoms with van der Waals surface area (Å²) in [6, 6.07) is 19.3. The first-order valence-corrected chi connectivity index (χ1v) is 13.2. The van der Waals surface area contributed by atoms with Gasteiger partial charge in [-0.25, -0.2) is 4.39 Å². The molecule has 1 atom stereocenters. The number of hydrazine groups is 2. The molecule has 1 aromatic heterocycles. The summed E-state index contributed by atoms with van der Waals surface area (Å²) in [6.45, 7) is 0. The lowest BCUT2D eigenvalue weighted by Crippen LogP contribution is -2.38. The minimum Gasteiger partial charge on any atom is -0.373 e. The predicted octanol–water partition coefficient (Wildman–Crippen LogP) is 6.65. The Morgan fingerprint density at radius 1 is 1.05 bits per heavy atom. The molecule has 198 valence electrons. The molecule has 2 heterocycles. The highest BCUT2D eigenvalue weighted by atomic mass is 35.5. The molecule has 4 aromatic rings. The van der Waals surface area contributed by atoms with Crippen molar-refractivity contribution in [2.45, 2.75) is 24.9 Å². The molecule has 0 spiro atoms. The quantitative estimate of drug-likeness (QED) is 0.195. The maximum atomic E-state index is 13.8. The van der Waals surface area contributed by atoms with Gasteiger partial charge in [0.05, 0.1) is 49.8 Å². The zero-order valence-corrected chi connectivity index (χ0v) is 22.4. The maximum absolute atomic E-state index is 13.8. The fourth-order valence-electron chi connectivity index (χ4n) is 4.64. The predicted molar refractivity (Wildman–Crippen MR) is 153 cm³/mol. The fourth-order valence-corrected chi connectivity index (χ4v) is 5.13. The molecule has 1 unspecified atom stereocenters. The number of fused-ring (bicyclic) bond motifs is 1. The Morgan fingerprint density at radius 3 is 2.58 bits per heavy atom. The highest BCUT2D eigenvalue weighted by Crippen LogP contribution is 2.38. The molecule has 6 rings (SSSR count). The molecule has 1 aliphatic heterocycles. The van der Waals surface area contributed by atoms with Gasteiger partial charge in [0.2, 0.25) is 0 Å². The molecular weight excluding hydrogens is 550 g/mol. The van der Waals surface area contributed by atoms with Gasteiger partial charge in [-0.2, -0.15) is 10.5 Å². The lowest BCUT2D eigenvalue weighted by molar-refractivity contribution is 0.260. The lowest BCUT2D eigenvalue weighted by Gasteiger charge is -2.22. The van der Waals surface area contributed by atoms with Crippen molar-refractivity contribution < 1.29 is 4.39 Å². The maximum Gasteiger partial charge on any atom is 0.123 e. The number of nitrogens with zero attached hydrogens (tertiary/aromatic N) is 4. The van der Waals surface area contributed by atoms with Crippen molar-refractivity contribution in [3.63, 3.8) is 0 Å². The van der Waals surface area contributed by atoms with E-state index in [0.29, 0.717) is 39.0 Å². The third-order valence-corrected chi connectivity index (χ3v) is 7.41. The second-order valence-corrected chi connectivity index (χ2v) is 10.3. The first-order valence-electron chi connectivity index (χ1n) is 12.5. The molecule has 11 heteroatoms. The number of aromatic nitrogens is 1. The van der Waals surface area contributed by atoms with E-state index in [1.165, 1.54) is 18.3 Å². The van der Waals surface area contributed by atoms with E-state index >= 15 is 0 Å². The van der Waals surface area contributed by atoms with E-state index in [1.54, 1.807) is 36.4 Å². The van der Waals surface area contributed by atoms with Crippen LogP contribution in [0, 0.1) is 28.5 Å². The van der Waals surface area contributed by atoms with Crippen molar-refractivity contribution in [3.05, 3.63) is 105 Å². The first kappa shape index (κ1) is 25.7. The Morgan fingerprint density at radius 2 is 1.85 bits per heavy atom. The average molecular weight is 571 g/mol. The summed E-state index contributed by atoms with van der Waals surface area (Å²) < 4.78 is 13.8. The van der Waals surface area contributed by atoms with Crippen molar-refractivity contribution in [3.8, 4) is 12.1 Å². The van der Waals surface area contributed by atoms with Gasteiger partial charge >= 0.3 is 0 Å². The van der Waals surface area contributed by atoms with Crippen LogP contribution in [0.4, 0.5) is 21.5 Å². The van der Waals surface area contributed by atoms with Crippen LogP contribution in [0.5, 0.6) is 0 Å². The molecule has 0 radical (unpaired) electrons. The van der Waals surface area contributed by atoms with Gasteiger partial charge in [-0.05, 0) is 54.8 Å². The van der Waals surface area contributed by atoms with E-state index in [-0.39, 0.29) is 28.0 Å². The molecule has 0 saturated heterocycles. The fraction of sp³-hybridized carbons (Fsp3) is 0.138. The topological polar surface area (TPSA) is 112 Å². The third kappa shape index (κ3) is 4.94. The van der Waals surface area contributed by atoms with Gasteiger partial charge in [-0.3, -0.25) is 9.99 Å². The van der Waals surface area contributed by atoms with Gasteiger partial charge in [0.15, 0.2) is 0 Å². The summed E-state index contributed by atoms with van der Waals surface area (Å²) in [6.07, 6.45) is 5.66. The largest absolute Gasteiger partial charge is 0.373 e. The van der Waals surface area contributed by atoms with E-state index in [9.17, 15) is 14.9 Å². The van der Waals surface area contributed by atoms with Gasteiger partial charge < -0.3 is 16.1 Å². The number of anilines is 3. The van der Waals surface area contributed by atoms with Gasteiger partial charge in [-0.1, -0.05) is 41.4 Å². The van der Waals surface area contributed by atoms with Gasteiger partial charge in [-0.15, -0.1) is 5.53 Å². The number of halogens is 3. The number of benzene rings is 3. The number of hydrogen-bond donors (Lipinski definition) is 4. The Labute approximate surface area is 239 Å². The SMILES string of the molecule is N#Cc1cnc2c(Cl)cc(NC(C3=CN(C4CC4)NN3)c3ccc(F)cc3)cc2c1Nc1cccc(Cl)c1C#N. The Hall–Kier alpha value is -4.54. The monoisotopic (exact) mass is 570 g/mol. The smallest absolute Gasteiger partial charge is 0.123 e. The van der Waals surface area contributed by atoms with Gasteiger partial charge in [0, 0.05) is 29.5 Å². The summed E-state index contributed by atoms with van der Waals surface area (Å²) in [5.41, 5.74) is 10.6. The van der Waals surface area contributed by atoms with E-state index in [2.05, 4.69) is 38.7 Å². The summed E-state index contributed by atoms with van der Waals surface area (Å²) in [5.74, 6) is -0.328. The van der Waals surface area contributed by atoms with Crippen LogP contribution in [-0.4, -0.2) is 16.0 Å². The highest BCUT2D eigenvalue weighted by molar-refractivity contribution is 6.36. The van der Waals surface area contributed by atoms with Crippen molar-refractivity contribution in [2.24, 2.45) is 0 Å². The van der Waals surface area contributed by atoms with Gasteiger partial charge in [0.25, 0.3) is 0 Å². The molecule has 1 saturated carbocycles. The molecule has 4 N–H and O–H groups in total. The minimum atomic E-state index is -0.382. The normalized spacial score (nSPS) is 15.1. The number of pyridine rings is 1. The lowest BCUT2D eigenvalue weighted by atomic mass is 10.0. The summed E-state index contributed by atoms with van der Waals surface area (Å²) in [7, 11) is 0. The van der Waals surface area contributed by atoms with E-state index in [4.69, 9.17) is 23.2 Å². The van der Waals surface area contributed by atoms with E-state index in [1.807, 2.05) is 17.3 Å². The standard InChI is InChI=1S/C29H21Cl2FN8/c30-23-2-1-3-25(22(23)13-34)37-27-17(12-33)14-35-29-21(27)10-19(11-24(29)31)36-28(16-4-6-18(32)7-5-16)26-15-40(39-38-26)20-8-9-20/h1-7,10-11,14-15,20,28,36,38-39H,8-9H2,(H,35,37). The third-order valence-electron chi connectivity index (χ3n) is 6.80. The van der Waals surface area contributed by atoms with Crippen molar-refractivity contribution in [1.29, 1.82) is 10.5 Å². The number of hydrogen-bond acceptors (Lipinski definition) is 8. The van der Waals surface area contributed by atoms with Crippen molar-refractivity contribution >= 4 is 51.2 Å². The second-order valence-electron chi connectivity index (χ2n) is 9.50. The first-order chi connectivity index (χ1) is 19.4. The highest BCUT2D eigenvalue weighted by Gasteiger charge is 2.32. The minimum absolute atomic E-state index is 0.252. The van der Waals surface area contributed by atoms with Crippen molar-refractivity contribution in [1.82, 2.24) is 21.0 Å². The summed E-state index contributed by atoms with van der Waals surface area (Å²) in [5, 5.41) is 29.5. The molecular formula is C29H21Cl2FN8. The van der Waals surface area contributed by atoms with Crippen LogP contribution in [0.3, 0.4) is 0 Å². The van der Waals surface area contributed by atoms with Gasteiger partial charge in [0.1, 0.15) is 18.0 Å². The second kappa shape index (κ2) is 10.6. The van der Waals surface area contributed by atoms with Crippen LogP contribution in [0.25, 0.3) is 10.9 Å². The zero-order chi connectivity index (χ0) is 27.8. The Balaban J connectivity index is 1.44. The molecule has 0 bridgehead atoms. The van der Waals surface area contributed by atoms with Crippen LogP contribution in [0.1, 0.15) is 35.6 Å². The van der Waals surface area contributed by atoms with Crippen molar-refractivity contribution in [2.75, 3.05) is 10.6 Å². The van der Waals surface area contributed by atoms with E-state index in [0.717, 1.165) is 24.1 Å². The van der Waals surface area contributed by atoms with Crippen LogP contribution in [0.15, 0.2) is 72.7 Å². The molecule has 8 nitrogen and oxygen atoms in total. The van der Waals surface area contributed by atoms with Crippen LogP contribution in [-0.2, 0) is 0 Å². The molecule has 2 aliphatic rings. The molecule has 40 heavy (non-hydrogen) atoms. The molecule has 3 aromatic carbocycles. The van der Waals surface area contributed by atoms with E-state index < -0.39 is 0 Å².